The summed E-state index contributed by atoms with van der Waals surface area (Å²) in [6.45, 7) is 6.42. The summed E-state index contributed by atoms with van der Waals surface area (Å²) in [7, 11) is 0. The van der Waals surface area contributed by atoms with Crippen molar-refractivity contribution in [2.75, 3.05) is 26.2 Å². The lowest BCUT2D eigenvalue weighted by Gasteiger charge is -2.35. The number of carbonyl (C=O) groups excluding carboxylic acids is 1. The molecule has 1 saturated carbocycles. The Morgan fingerprint density at radius 3 is 2.46 bits per heavy atom. The van der Waals surface area contributed by atoms with Gasteiger partial charge in [-0.25, -0.2) is 4.39 Å². The summed E-state index contributed by atoms with van der Waals surface area (Å²) in [5.41, 5.74) is 3.37. The van der Waals surface area contributed by atoms with Crippen LogP contribution in [0, 0.1) is 18.7 Å². The minimum atomic E-state index is -0.184. The molecule has 4 rings (SSSR count). The molecule has 2 unspecified atom stereocenters. The molecular formula is C22H25FN2O. The van der Waals surface area contributed by atoms with Gasteiger partial charge < -0.3 is 4.90 Å². The van der Waals surface area contributed by atoms with Crippen molar-refractivity contribution in [1.29, 1.82) is 0 Å². The number of nitrogens with zero attached hydrogens (tertiary/aromatic N) is 2. The predicted molar refractivity (Wildman–Crippen MR) is 100 cm³/mol. The van der Waals surface area contributed by atoms with E-state index in [0.717, 1.165) is 39.1 Å². The van der Waals surface area contributed by atoms with Crippen LogP contribution in [0.15, 0.2) is 48.5 Å². The van der Waals surface area contributed by atoms with Crippen LogP contribution >= 0.6 is 0 Å². The number of rotatable bonds is 4. The third kappa shape index (κ3) is 3.51. The number of benzene rings is 2. The molecule has 0 spiro atoms. The molecule has 1 heterocycles. The smallest absolute Gasteiger partial charge is 0.226 e. The maximum Gasteiger partial charge on any atom is 0.226 e. The minimum absolute atomic E-state index is 0.0326. The highest BCUT2D eigenvalue weighted by Crippen LogP contribution is 2.49. The van der Waals surface area contributed by atoms with E-state index in [1.54, 1.807) is 6.07 Å². The van der Waals surface area contributed by atoms with E-state index in [9.17, 15) is 9.18 Å². The highest BCUT2D eigenvalue weighted by Gasteiger charge is 2.47. The normalized spacial score (nSPS) is 23.1. The fourth-order valence-electron chi connectivity index (χ4n) is 3.98. The lowest BCUT2D eigenvalue weighted by molar-refractivity contribution is -0.134. The summed E-state index contributed by atoms with van der Waals surface area (Å²) >= 11 is 0. The lowest BCUT2D eigenvalue weighted by Crippen LogP contribution is -2.48. The topological polar surface area (TPSA) is 23.6 Å². The molecule has 0 aromatic heterocycles. The number of piperazine rings is 1. The summed E-state index contributed by atoms with van der Waals surface area (Å²) in [6.07, 6.45) is 0.781. The highest BCUT2D eigenvalue weighted by molar-refractivity contribution is 5.83. The molecule has 2 aromatic carbocycles. The van der Waals surface area contributed by atoms with Crippen molar-refractivity contribution < 1.29 is 9.18 Å². The number of aryl methyl sites for hydroxylation is 1. The SMILES string of the molecule is Cc1ccccc1CN1CCN(C(=O)C2CC2c2ccccc2F)CC1. The second-order valence-corrected chi connectivity index (χ2v) is 7.50. The van der Waals surface area contributed by atoms with Gasteiger partial charge in [0, 0.05) is 38.6 Å². The number of hydrogen-bond acceptors (Lipinski definition) is 2. The van der Waals surface area contributed by atoms with Gasteiger partial charge >= 0.3 is 0 Å². The molecule has 0 bridgehead atoms. The monoisotopic (exact) mass is 352 g/mol. The first-order chi connectivity index (χ1) is 12.6. The van der Waals surface area contributed by atoms with Gasteiger partial charge in [0.2, 0.25) is 5.91 Å². The Kier molecular flexibility index (Phi) is 4.77. The van der Waals surface area contributed by atoms with E-state index >= 15 is 0 Å². The summed E-state index contributed by atoms with van der Waals surface area (Å²) in [6, 6.07) is 15.3. The van der Waals surface area contributed by atoms with Crippen molar-refractivity contribution in [1.82, 2.24) is 9.80 Å². The van der Waals surface area contributed by atoms with Gasteiger partial charge in [-0.1, -0.05) is 42.5 Å². The quantitative estimate of drug-likeness (QED) is 0.840. The van der Waals surface area contributed by atoms with Crippen LogP contribution in [0.4, 0.5) is 4.39 Å². The van der Waals surface area contributed by atoms with Crippen LogP contribution < -0.4 is 0 Å². The first-order valence-electron chi connectivity index (χ1n) is 9.43. The molecule has 1 saturated heterocycles. The predicted octanol–water partition coefficient (Wildman–Crippen LogP) is 3.58. The van der Waals surface area contributed by atoms with E-state index in [2.05, 4.69) is 36.1 Å². The third-order valence-electron chi connectivity index (χ3n) is 5.75. The van der Waals surface area contributed by atoms with Crippen molar-refractivity contribution >= 4 is 5.91 Å². The molecule has 26 heavy (non-hydrogen) atoms. The highest BCUT2D eigenvalue weighted by atomic mass is 19.1. The average molecular weight is 352 g/mol. The van der Waals surface area contributed by atoms with Crippen LogP contribution in [0.1, 0.15) is 29.0 Å². The van der Waals surface area contributed by atoms with Crippen molar-refractivity contribution in [3.05, 3.63) is 71.0 Å². The molecule has 4 heteroatoms. The zero-order chi connectivity index (χ0) is 18.1. The van der Waals surface area contributed by atoms with E-state index in [1.807, 2.05) is 17.0 Å². The summed E-state index contributed by atoms with van der Waals surface area (Å²) in [5.74, 6) is 0.0492. The van der Waals surface area contributed by atoms with Gasteiger partial charge in [0.15, 0.2) is 0 Å². The summed E-state index contributed by atoms with van der Waals surface area (Å²) in [4.78, 5) is 17.1. The number of amides is 1. The van der Waals surface area contributed by atoms with Gasteiger partial charge in [0.1, 0.15) is 5.82 Å². The largest absolute Gasteiger partial charge is 0.340 e. The molecule has 0 N–H and O–H groups in total. The van der Waals surface area contributed by atoms with Crippen LogP contribution in [-0.2, 0) is 11.3 Å². The second kappa shape index (κ2) is 7.20. The number of halogens is 1. The van der Waals surface area contributed by atoms with Crippen LogP contribution in [0.2, 0.25) is 0 Å². The van der Waals surface area contributed by atoms with Gasteiger partial charge in [-0.2, -0.15) is 0 Å². The Balaban J connectivity index is 1.31. The number of carbonyl (C=O) groups is 1. The van der Waals surface area contributed by atoms with E-state index in [4.69, 9.17) is 0 Å². The van der Waals surface area contributed by atoms with E-state index in [0.29, 0.717) is 5.56 Å². The minimum Gasteiger partial charge on any atom is -0.340 e. The number of hydrogen-bond donors (Lipinski definition) is 0. The first-order valence-corrected chi connectivity index (χ1v) is 9.43. The molecule has 136 valence electrons. The third-order valence-corrected chi connectivity index (χ3v) is 5.75. The van der Waals surface area contributed by atoms with Gasteiger partial charge in [-0.3, -0.25) is 9.69 Å². The van der Waals surface area contributed by atoms with Crippen molar-refractivity contribution in [3.63, 3.8) is 0 Å². The fourth-order valence-corrected chi connectivity index (χ4v) is 3.98. The van der Waals surface area contributed by atoms with E-state index < -0.39 is 0 Å². The maximum absolute atomic E-state index is 13.9. The van der Waals surface area contributed by atoms with Gasteiger partial charge in [-0.05, 0) is 42.0 Å². The molecule has 1 amide bonds. The molecule has 3 nitrogen and oxygen atoms in total. The van der Waals surface area contributed by atoms with Crippen LogP contribution in [0.5, 0.6) is 0 Å². The Morgan fingerprint density at radius 1 is 1.04 bits per heavy atom. The Hall–Kier alpha value is -2.20. The van der Waals surface area contributed by atoms with Crippen LogP contribution in [-0.4, -0.2) is 41.9 Å². The molecule has 0 radical (unpaired) electrons. The van der Waals surface area contributed by atoms with Crippen molar-refractivity contribution in [3.8, 4) is 0 Å². The second-order valence-electron chi connectivity index (χ2n) is 7.50. The molecule has 2 aromatic rings. The zero-order valence-electron chi connectivity index (χ0n) is 15.2. The Labute approximate surface area is 154 Å². The maximum atomic E-state index is 13.9. The van der Waals surface area contributed by atoms with E-state index in [1.165, 1.54) is 17.2 Å². The summed E-state index contributed by atoms with van der Waals surface area (Å²) in [5, 5.41) is 0. The molecule has 1 aliphatic carbocycles. The van der Waals surface area contributed by atoms with Crippen LogP contribution in [0.3, 0.4) is 0 Å². The Morgan fingerprint density at radius 2 is 1.73 bits per heavy atom. The molecule has 2 atom stereocenters. The van der Waals surface area contributed by atoms with Crippen molar-refractivity contribution in [2.45, 2.75) is 25.8 Å². The van der Waals surface area contributed by atoms with Crippen molar-refractivity contribution in [2.24, 2.45) is 5.92 Å². The zero-order valence-corrected chi connectivity index (χ0v) is 15.2. The fraction of sp³-hybridized carbons (Fsp3) is 0.409. The lowest BCUT2D eigenvalue weighted by atomic mass is 10.1. The van der Waals surface area contributed by atoms with E-state index in [-0.39, 0.29) is 23.6 Å². The standard InChI is InChI=1S/C22H25FN2O/c1-16-6-2-3-7-17(16)15-24-10-12-25(13-11-24)22(26)20-14-19(20)18-8-4-5-9-21(18)23/h2-9,19-20H,10-15H2,1H3. The summed E-state index contributed by atoms with van der Waals surface area (Å²) < 4.78 is 13.9. The molecule has 2 aliphatic rings. The molecule has 2 fully saturated rings. The van der Waals surface area contributed by atoms with Gasteiger partial charge in [0.25, 0.3) is 0 Å². The molecule has 1 aliphatic heterocycles. The Bertz CT molecular complexity index is 798. The van der Waals surface area contributed by atoms with Gasteiger partial charge in [0.05, 0.1) is 0 Å². The average Bonchev–Trinajstić information content (AvgIpc) is 3.45. The van der Waals surface area contributed by atoms with Crippen LogP contribution in [0.25, 0.3) is 0 Å². The van der Waals surface area contributed by atoms with Gasteiger partial charge in [-0.15, -0.1) is 0 Å². The molecular weight excluding hydrogens is 327 g/mol. The first kappa shape index (κ1) is 17.2.